The van der Waals surface area contributed by atoms with E-state index in [1.54, 1.807) is 21.3 Å². The quantitative estimate of drug-likeness (QED) is 0.561. The van der Waals surface area contributed by atoms with Crippen LogP contribution in [0.1, 0.15) is 0 Å². The average molecular weight is 334 g/mol. The highest BCUT2D eigenvalue weighted by atomic mass is 16.5. The Balaban J connectivity index is 2.25. The molecule has 0 saturated carbocycles. The maximum Gasteiger partial charge on any atom is 0.244 e. The lowest BCUT2D eigenvalue weighted by Gasteiger charge is -2.14. The number of benzene rings is 3. The summed E-state index contributed by atoms with van der Waals surface area (Å²) >= 11 is 0. The van der Waals surface area contributed by atoms with Crippen molar-refractivity contribution in [1.29, 1.82) is 0 Å². The number of aromatic nitrogens is 2. The van der Waals surface area contributed by atoms with Gasteiger partial charge in [-0.15, -0.1) is 5.10 Å². The number of rotatable bonds is 4. The zero-order valence-corrected chi connectivity index (χ0v) is 14.3. The van der Waals surface area contributed by atoms with E-state index in [-0.39, 0.29) is 0 Å². The Hall–Kier alpha value is -3.21. The standard InChI is InChI=1S/C20H18N2O3/c1-23-18-14-11-7-8-12-15(14)19(24-2)17-16(18)20(25-3)21-22(17)13-9-5-4-6-10-13/h4-12H,1-3H3. The minimum atomic E-state index is 0.500. The van der Waals surface area contributed by atoms with E-state index in [9.17, 15) is 0 Å². The van der Waals surface area contributed by atoms with E-state index in [0.29, 0.717) is 5.88 Å². The van der Waals surface area contributed by atoms with Crippen LogP contribution in [-0.2, 0) is 0 Å². The highest BCUT2D eigenvalue weighted by Gasteiger charge is 2.24. The molecule has 0 spiro atoms. The van der Waals surface area contributed by atoms with Crippen LogP contribution < -0.4 is 14.2 Å². The molecule has 0 radical (unpaired) electrons. The van der Waals surface area contributed by atoms with Gasteiger partial charge >= 0.3 is 0 Å². The Bertz CT molecular complexity index is 1060. The van der Waals surface area contributed by atoms with Gasteiger partial charge in [-0.25, -0.2) is 4.68 Å². The van der Waals surface area contributed by atoms with Gasteiger partial charge in [-0.05, 0) is 12.1 Å². The second kappa shape index (κ2) is 6.02. The summed E-state index contributed by atoms with van der Waals surface area (Å²) in [6, 6.07) is 17.9. The zero-order valence-electron chi connectivity index (χ0n) is 14.3. The summed E-state index contributed by atoms with van der Waals surface area (Å²) in [5.74, 6) is 1.97. The van der Waals surface area contributed by atoms with Gasteiger partial charge in [0.1, 0.15) is 16.7 Å². The summed E-state index contributed by atoms with van der Waals surface area (Å²) in [6.07, 6.45) is 0. The van der Waals surface area contributed by atoms with Crippen molar-refractivity contribution >= 4 is 21.7 Å². The number of para-hydroxylation sites is 1. The third-order valence-corrected chi connectivity index (χ3v) is 4.31. The molecule has 0 aliphatic rings. The number of methoxy groups -OCH3 is 3. The van der Waals surface area contributed by atoms with Crippen LogP contribution in [0.15, 0.2) is 54.6 Å². The van der Waals surface area contributed by atoms with Crippen LogP contribution in [0.25, 0.3) is 27.4 Å². The fraction of sp³-hybridized carbons (Fsp3) is 0.150. The molecule has 0 amide bonds. The molecule has 0 N–H and O–H groups in total. The third-order valence-electron chi connectivity index (χ3n) is 4.31. The van der Waals surface area contributed by atoms with E-state index in [2.05, 4.69) is 5.10 Å². The van der Waals surface area contributed by atoms with Crippen molar-refractivity contribution in [2.75, 3.05) is 21.3 Å². The minimum absolute atomic E-state index is 0.500. The molecule has 0 atom stereocenters. The summed E-state index contributed by atoms with van der Waals surface area (Å²) in [6.45, 7) is 0. The second-order valence-electron chi connectivity index (χ2n) is 5.59. The molecule has 0 saturated heterocycles. The average Bonchev–Trinajstić information content (AvgIpc) is 3.06. The third kappa shape index (κ3) is 2.20. The largest absolute Gasteiger partial charge is 0.495 e. The van der Waals surface area contributed by atoms with Crippen molar-refractivity contribution in [2.24, 2.45) is 0 Å². The van der Waals surface area contributed by atoms with E-state index in [4.69, 9.17) is 14.2 Å². The van der Waals surface area contributed by atoms with E-state index in [1.165, 1.54) is 0 Å². The first-order chi connectivity index (χ1) is 12.3. The second-order valence-corrected chi connectivity index (χ2v) is 5.59. The predicted octanol–water partition coefficient (Wildman–Crippen LogP) is 4.20. The van der Waals surface area contributed by atoms with Gasteiger partial charge in [0, 0.05) is 10.8 Å². The fourth-order valence-electron chi connectivity index (χ4n) is 3.27. The smallest absolute Gasteiger partial charge is 0.244 e. The van der Waals surface area contributed by atoms with E-state index in [0.717, 1.165) is 38.9 Å². The summed E-state index contributed by atoms with van der Waals surface area (Å²) in [4.78, 5) is 0. The van der Waals surface area contributed by atoms with Gasteiger partial charge in [-0.1, -0.05) is 42.5 Å². The maximum absolute atomic E-state index is 5.79. The van der Waals surface area contributed by atoms with Crippen molar-refractivity contribution in [3.05, 3.63) is 54.6 Å². The van der Waals surface area contributed by atoms with E-state index in [1.807, 2.05) is 59.3 Å². The molecular weight excluding hydrogens is 316 g/mol. The molecule has 0 fully saturated rings. The van der Waals surface area contributed by atoms with Crippen LogP contribution in [-0.4, -0.2) is 31.1 Å². The van der Waals surface area contributed by atoms with Gasteiger partial charge in [-0.3, -0.25) is 0 Å². The number of hydrogen-bond acceptors (Lipinski definition) is 4. The number of nitrogens with zero attached hydrogens (tertiary/aromatic N) is 2. The molecule has 4 aromatic rings. The first-order valence-electron chi connectivity index (χ1n) is 7.95. The Morgan fingerprint density at radius 2 is 1.32 bits per heavy atom. The first kappa shape index (κ1) is 15.3. The molecule has 0 bridgehead atoms. The normalized spacial score (nSPS) is 11.0. The lowest BCUT2D eigenvalue weighted by Crippen LogP contribution is -1.99. The molecule has 0 aliphatic heterocycles. The monoisotopic (exact) mass is 334 g/mol. The van der Waals surface area contributed by atoms with Gasteiger partial charge < -0.3 is 14.2 Å². The van der Waals surface area contributed by atoms with Gasteiger partial charge in [0.2, 0.25) is 5.88 Å². The SMILES string of the molecule is COc1nn(-c2ccccc2)c2c(OC)c3ccccc3c(OC)c12. The highest BCUT2D eigenvalue weighted by molar-refractivity contribution is 6.12. The molecule has 3 aromatic carbocycles. The van der Waals surface area contributed by atoms with Crippen molar-refractivity contribution in [3.8, 4) is 23.1 Å². The number of hydrogen-bond donors (Lipinski definition) is 0. The lowest BCUT2D eigenvalue weighted by molar-refractivity contribution is 0.392. The van der Waals surface area contributed by atoms with E-state index < -0.39 is 0 Å². The van der Waals surface area contributed by atoms with Crippen LogP contribution in [0.2, 0.25) is 0 Å². The molecule has 25 heavy (non-hydrogen) atoms. The molecule has 126 valence electrons. The topological polar surface area (TPSA) is 45.5 Å². The Morgan fingerprint density at radius 1 is 0.720 bits per heavy atom. The molecule has 4 rings (SSSR count). The van der Waals surface area contributed by atoms with Crippen LogP contribution in [0.5, 0.6) is 17.4 Å². The van der Waals surface area contributed by atoms with Gasteiger partial charge in [-0.2, -0.15) is 0 Å². The molecular formula is C20H18N2O3. The minimum Gasteiger partial charge on any atom is -0.495 e. The molecule has 1 aromatic heterocycles. The number of fused-ring (bicyclic) bond motifs is 2. The Morgan fingerprint density at radius 3 is 1.92 bits per heavy atom. The highest BCUT2D eigenvalue weighted by Crippen LogP contribution is 2.46. The van der Waals surface area contributed by atoms with Crippen LogP contribution in [0.3, 0.4) is 0 Å². The Kier molecular flexibility index (Phi) is 3.69. The van der Waals surface area contributed by atoms with Crippen molar-refractivity contribution in [1.82, 2.24) is 9.78 Å². The predicted molar refractivity (Wildman–Crippen MR) is 98.2 cm³/mol. The summed E-state index contributed by atoms with van der Waals surface area (Å²) < 4.78 is 18.9. The summed E-state index contributed by atoms with van der Waals surface area (Å²) in [7, 11) is 4.94. The van der Waals surface area contributed by atoms with Crippen LogP contribution in [0, 0.1) is 0 Å². The zero-order chi connectivity index (χ0) is 17.4. The summed E-state index contributed by atoms with van der Waals surface area (Å²) in [5, 5.41) is 7.37. The first-order valence-corrected chi connectivity index (χ1v) is 7.95. The fourth-order valence-corrected chi connectivity index (χ4v) is 3.27. The maximum atomic E-state index is 5.79. The molecule has 0 aliphatic carbocycles. The number of ether oxygens (including phenoxy) is 3. The van der Waals surface area contributed by atoms with Crippen LogP contribution in [0.4, 0.5) is 0 Å². The van der Waals surface area contributed by atoms with Crippen molar-refractivity contribution < 1.29 is 14.2 Å². The molecule has 1 heterocycles. The molecule has 5 heteroatoms. The van der Waals surface area contributed by atoms with Gasteiger partial charge in [0.15, 0.2) is 5.75 Å². The van der Waals surface area contributed by atoms with Crippen molar-refractivity contribution in [3.63, 3.8) is 0 Å². The van der Waals surface area contributed by atoms with Crippen molar-refractivity contribution in [2.45, 2.75) is 0 Å². The van der Waals surface area contributed by atoms with Gasteiger partial charge in [0.25, 0.3) is 0 Å². The van der Waals surface area contributed by atoms with Gasteiger partial charge in [0.05, 0.1) is 27.0 Å². The lowest BCUT2D eigenvalue weighted by atomic mass is 10.0. The molecule has 0 unspecified atom stereocenters. The van der Waals surface area contributed by atoms with Crippen LogP contribution >= 0.6 is 0 Å². The van der Waals surface area contributed by atoms with E-state index >= 15 is 0 Å². The molecule has 5 nitrogen and oxygen atoms in total. The summed E-state index contributed by atoms with van der Waals surface area (Å²) in [5.41, 5.74) is 1.74. The Labute approximate surface area is 145 Å².